The highest BCUT2D eigenvalue weighted by Gasteiger charge is 2.39. The Kier molecular flexibility index (Phi) is 4.43. The Morgan fingerprint density at radius 3 is 2.72 bits per heavy atom. The average molecular weight is 343 g/mol. The number of hydrogen-bond donors (Lipinski definition) is 2. The number of likely N-dealkylation sites (N-methyl/N-ethyl adjacent to an activating group) is 1. The van der Waals surface area contributed by atoms with Crippen molar-refractivity contribution >= 4 is 16.8 Å². The van der Waals surface area contributed by atoms with Gasteiger partial charge in [-0.2, -0.15) is 0 Å². The van der Waals surface area contributed by atoms with E-state index >= 15 is 0 Å². The number of phenolic OH excluding ortho intramolecular Hbond substituents is 1. The summed E-state index contributed by atoms with van der Waals surface area (Å²) in [6.07, 6.45) is 0.550. The van der Waals surface area contributed by atoms with Crippen molar-refractivity contribution in [1.82, 2.24) is 14.8 Å². The zero-order valence-electron chi connectivity index (χ0n) is 15.2. The Labute approximate surface area is 147 Å². The fourth-order valence-electron chi connectivity index (χ4n) is 3.64. The van der Waals surface area contributed by atoms with Crippen molar-refractivity contribution in [2.24, 2.45) is 0 Å². The van der Waals surface area contributed by atoms with Crippen molar-refractivity contribution in [1.29, 1.82) is 0 Å². The standard InChI is InChI=1S/C19H25N3O3/c1-12-9-13(2)17(23)16-14(12)5-6-15(20-16)18(24)22-8-7-19(25,11-22)10-21(3)4/h5-6,9,23,25H,7-8,10-11H2,1-4H3. The van der Waals surface area contributed by atoms with Crippen LogP contribution in [0.4, 0.5) is 0 Å². The number of carbonyl (C=O) groups excluding carboxylic acids is 1. The molecule has 25 heavy (non-hydrogen) atoms. The van der Waals surface area contributed by atoms with Crippen LogP contribution in [0.25, 0.3) is 10.9 Å². The van der Waals surface area contributed by atoms with Crippen molar-refractivity contribution in [2.45, 2.75) is 25.9 Å². The van der Waals surface area contributed by atoms with Crippen molar-refractivity contribution in [2.75, 3.05) is 33.7 Å². The summed E-state index contributed by atoms with van der Waals surface area (Å²) in [5.41, 5.74) is 1.61. The van der Waals surface area contributed by atoms with Gasteiger partial charge in [-0.1, -0.05) is 12.1 Å². The van der Waals surface area contributed by atoms with Crippen molar-refractivity contribution in [3.63, 3.8) is 0 Å². The molecule has 3 rings (SSSR count). The molecule has 1 aromatic carbocycles. The van der Waals surface area contributed by atoms with Crippen molar-refractivity contribution in [3.05, 3.63) is 35.0 Å². The summed E-state index contributed by atoms with van der Waals surface area (Å²) in [5, 5.41) is 21.8. The smallest absolute Gasteiger partial charge is 0.272 e. The van der Waals surface area contributed by atoms with Gasteiger partial charge in [-0.25, -0.2) is 4.98 Å². The van der Waals surface area contributed by atoms with E-state index < -0.39 is 5.60 Å². The second-order valence-electron chi connectivity index (χ2n) is 7.39. The van der Waals surface area contributed by atoms with Crippen LogP contribution in [0.2, 0.25) is 0 Å². The molecule has 0 spiro atoms. The first-order chi connectivity index (χ1) is 11.7. The number of aromatic hydroxyl groups is 1. The monoisotopic (exact) mass is 343 g/mol. The van der Waals surface area contributed by atoms with E-state index in [0.717, 1.165) is 16.5 Å². The third-order valence-electron chi connectivity index (χ3n) is 4.80. The molecule has 0 radical (unpaired) electrons. The van der Waals surface area contributed by atoms with Gasteiger partial charge in [-0.05, 0) is 51.6 Å². The number of hydrogen-bond acceptors (Lipinski definition) is 5. The van der Waals surface area contributed by atoms with Crippen LogP contribution in [0.3, 0.4) is 0 Å². The van der Waals surface area contributed by atoms with Gasteiger partial charge in [0.2, 0.25) is 0 Å². The third kappa shape index (κ3) is 3.32. The maximum Gasteiger partial charge on any atom is 0.272 e. The SMILES string of the molecule is Cc1cc(C)c2ccc(C(=O)N3CCC(O)(CN(C)C)C3)nc2c1O. The summed E-state index contributed by atoms with van der Waals surface area (Å²) in [6, 6.07) is 5.42. The summed E-state index contributed by atoms with van der Waals surface area (Å²) in [7, 11) is 3.81. The second-order valence-corrected chi connectivity index (χ2v) is 7.39. The molecule has 2 heterocycles. The van der Waals surface area contributed by atoms with E-state index in [1.165, 1.54) is 0 Å². The highest BCUT2D eigenvalue weighted by molar-refractivity contribution is 5.97. The number of nitrogens with zero attached hydrogens (tertiary/aromatic N) is 3. The zero-order valence-corrected chi connectivity index (χ0v) is 15.2. The molecule has 0 saturated carbocycles. The lowest BCUT2D eigenvalue weighted by Crippen LogP contribution is -2.43. The number of aliphatic hydroxyl groups is 1. The molecule has 1 atom stereocenters. The molecule has 0 aliphatic carbocycles. The Morgan fingerprint density at radius 2 is 2.04 bits per heavy atom. The van der Waals surface area contributed by atoms with Crippen LogP contribution < -0.4 is 0 Å². The van der Waals surface area contributed by atoms with E-state index in [9.17, 15) is 15.0 Å². The van der Waals surface area contributed by atoms with Gasteiger partial charge in [0.1, 0.15) is 17.0 Å². The molecule has 0 bridgehead atoms. The molecule has 6 nitrogen and oxygen atoms in total. The molecular formula is C19H25N3O3. The number of β-amino-alcohol motifs (C(OH)–C–C–N with tert-alkyl or cyclic N) is 1. The normalized spacial score (nSPS) is 20.6. The molecule has 1 aliphatic heterocycles. The summed E-state index contributed by atoms with van der Waals surface area (Å²) in [4.78, 5) is 20.8. The number of pyridine rings is 1. The predicted molar refractivity (Wildman–Crippen MR) is 96.9 cm³/mol. The topological polar surface area (TPSA) is 76.9 Å². The lowest BCUT2D eigenvalue weighted by molar-refractivity contribution is 0.0235. The van der Waals surface area contributed by atoms with Crippen LogP contribution in [-0.2, 0) is 0 Å². The van der Waals surface area contributed by atoms with Crippen molar-refractivity contribution < 1.29 is 15.0 Å². The van der Waals surface area contributed by atoms with E-state index in [4.69, 9.17) is 0 Å². The van der Waals surface area contributed by atoms with E-state index in [2.05, 4.69) is 4.98 Å². The van der Waals surface area contributed by atoms with E-state index in [-0.39, 0.29) is 11.7 Å². The number of amides is 1. The number of benzene rings is 1. The summed E-state index contributed by atoms with van der Waals surface area (Å²) >= 11 is 0. The largest absolute Gasteiger partial charge is 0.505 e. The quantitative estimate of drug-likeness (QED) is 0.887. The van der Waals surface area contributed by atoms with Crippen LogP contribution in [0.1, 0.15) is 28.0 Å². The first kappa shape index (κ1) is 17.6. The molecule has 1 saturated heterocycles. The average Bonchev–Trinajstić information content (AvgIpc) is 2.92. The zero-order chi connectivity index (χ0) is 18.4. The summed E-state index contributed by atoms with van der Waals surface area (Å²) in [5.74, 6) is -0.101. The molecule has 6 heteroatoms. The fourth-order valence-corrected chi connectivity index (χ4v) is 3.64. The lowest BCUT2D eigenvalue weighted by atomic mass is 10.0. The molecule has 2 N–H and O–H groups in total. The van der Waals surface area contributed by atoms with Gasteiger partial charge in [-0.15, -0.1) is 0 Å². The number of likely N-dealkylation sites (tertiary alicyclic amines) is 1. The number of aromatic nitrogens is 1. The minimum Gasteiger partial charge on any atom is -0.505 e. The Morgan fingerprint density at radius 1 is 1.32 bits per heavy atom. The van der Waals surface area contributed by atoms with Gasteiger partial charge in [0.05, 0.1) is 12.1 Å². The minimum absolute atomic E-state index is 0.112. The number of phenols is 1. The van der Waals surface area contributed by atoms with E-state index in [1.807, 2.05) is 45.0 Å². The Hall–Kier alpha value is -2.18. The first-order valence-corrected chi connectivity index (χ1v) is 8.46. The van der Waals surface area contributed by atoms with Gasteiger partial charge >= 0.3 is 0 Å². The molecular weight excluding hydrogens is 318 g/mol. The van der Waals surface area contributed by atoms with Crippen LogP contribution in [0, 0.1) is 13.8 Å². The van der Waals surface area contributed by atoms with Crippen molar-refractivity contribution in [3.8, 4) is 5.75 Å². The molecule has 2 aromatic rings. The van der Waals surface area contributed by atoms with Gasteiger partial charge in [0, 0.05) is 18.5 Å². The van der Waals surface area contributed by atoms with Crippen LogP contribution in [-0.4, -0.2) is 70.2 Å². The maximum atomic E-state index is 12.8. The molecule has 1 aromatic heterocycles. The van der Waals surface area contributed by atoms with Gasteiger partial charge in [0.25, 0.3) is 5.91 Å². The van der Waals surface area contributed by atoms with E-state index in [0.29, 0.717) is 37.3 Å². The Balaban J connectivity index is 1.90. The first-order valence-electron chi connectivity index (χ1n) is 8.46. The fraction of sp³-hybridized carbons (Fsp3) is 0.474. The number of carbonyl (C=O) groups is 1. The van der Waals surface area contributed by atoms with Crippen LogP contribution >= 0.6 is 0 Å². The highest BCUT2D eigenvalue weighted by Crippen LogP contribution is 2.30. The van der Waals surface area contributed by atoms with Crippen LogP contribution in [0.5, 0.6) is 5.75 Å². The maximum absolute atomic E-state index is 12.8. The molecule has 134 valence electrons. The predicted octanol–water partition coefficient (Wildman–Crippen LogP) is 1.70. The number of fused-ring (bicyclic) bond motifs is 1. The molecule has 1 unspecified atom stereocenters. The minimum atomic E-state index is -0.884. The van der Waals surface area contributed by atoms with Gasteiger partial charge < -0.3 is 20.0 Å². The summed E-state index contributed by atoms with van der Waals surface area (Å²) in [6.45, 7) is 5.09. The second kappa shape index (κ2) is 6.28. The van der Waals surface area contributed by atoms with Crippen LogP contribution in [0.15, 0.2) is 18.2 Å². The van der Waals surface area contributed by atoms with Gasteiger partial charge in [0.15, 0.2) is 0 Å². The lowest BCUT2D eigenvalue weighted by Gasteiger charge is -2.26. The van der Waals surface area contributed by atoms with Gasteiger partial charge in [-0.3, -0.25) is 4.79 Å². The highest BCUT2D eigenvalue weighted by atomic mass is 16.3. The number of aryl methyl sites for hydroxylation is 2. The number of rotatable bonds is 3. The molecule has 1 aliphatic rings. The molecule has 1 fully saturated rings. The summed E-state index contributed by atoms with van der Waals surface area (Å²) < 4.78 is 0. The Bertz CT molecular complexity index is 834. The molecule has 1 amide bonds. The van der Waals surface area contributed by atoms with E-state index in [1.54, 1.807) is 11.0 Å². The third-order valence-corrected chi connectivity index (χ3v) is 4.80.